The molecule has 0 spiro atoms. The van der Waals surface area contributed by atoms with Crippen molar-refractivity contribution in [1.82, 2.24) is 4.90 Å². The Labute approximate surface area is 135 Å². The number of oxime groups is 1. The van der Waals surface area contributed by atoms with E-state index < -0.39 is 5.97 Å². The number of benzene rings is 1. The Balaban J connectivity index is 1.84. The van der Waals surface area contributed by atoms with Crippen LogP contribution in [0.5, 0.6) is 0 Å². The van der Waals surface area contributed by atoms with E-state index in [1.165, 1.54) is 19.3 Å². The quantitative estimate of drug-likeness (QED) is 0.616. The third kappa shape index (κ3) is 3.50. The van der Waals surface area contributed by atoms with Gasteiger partial charge in [0.1, 0.15) is 11.3 Å². The average molecular weight is 319 g/mol. The Hall–Kier alpha value is -1.81. The van der Waals surface area contributed by atoms with Crippen LogP contribution in [0.25, 0.3) is 0 Å². The lowest BCUT2D eigenvalue weighted by Gasteiger charge is -2.23. The number of rotatable bonds is 2. The zero-order valence-electron chi connectivity index (χ0n) is 12.4. The summed E-state index contributed by atoms with van der Waals surface area (Å²) in [5.41, 5.74) is 1.88. The van der Waals surface area contributed by atoms with Crippen LogP contribution in [-0.4, -0.2) is 29.7 Å². The molecule has 0 aliphatic carbocycles. The third-order valence-electron chi connectivity index (χ3n) is 4.00. The molecule has 0 amide bonds. The van der Waals surface area contributed by atoms with Crippen LogP contribution in [0, 0.1) is 0 Å². The van der Waals surface area contributed by atoms with Gasteiger partial charge in [0, 0.05) is 29.9 Å². The summed E-state index contributed by atoms with van der Waals surface area (Å²) in [5.74, 6) is -0.392. The summed E-state index contributed by atoms with van der Waals surface area (Å²) in [6.45, 7) is 1.94. The molecule has 0 atom stereocenters. The van der Waals surface area contributed by atoms with Crippen molar-refractivity contribution in [3.63, 3.8) is 0 Å². The maximum Gasteiger partial charge on any atom is 0.369 e. The molecule has 116 valence electrons. The summed E-state index contributed by atoms with van der Waals surface area (Å²) in [6.07, 6.45) is 8.02. The second kappa shape index (κ2) is 6.97. The third-order valence-corrected chi connectivity index (χ3v) is 4.23. The summed E-state index contributed by atoms with van der Waals surface area (Å²) in [6, 6.07) is 7.32. The zero-order chi connectivity index (χ0) is 15.4. The average Bonchev–Trinajstić information content (AvgIpc) is 2.83. The van der Waals surface area contributed by atoms with Crippen LogP contribution in [0.1, 0.15) is 37.7 Å². The highest BCUT2D eigenvalue weighted by molar-refractivity contribution is 6.32. The maximum absolute atomic E-state index is 12.0. The molecule has 22 heavy (non-hydrogen) atoms. The molecular weight excluding hydrogens is 300 g/mol. The first-order chi connectivity index (χ1) is 10.7. The normalized spacial score (nSPS) is 21.3. The van der Waals surface area contributed by atoms with E-state index in [2.05, 4.69) is 10.1 Å². The van der Waals surface area contributed by atoms with Crippen LogP contribution in [0.4, 0.5) is 0 Å². The first kappa shape index (κ1) is 15.1. The molecule has 0 saturated carbocycles. The SMILES string of the molecule is O=C1ON=C(c2cccc(Cl)c2)C1=CN1CCCCCCC1. The Bertz CT molecular complexity index is 617. The van der Waals surface area contributed by atoms with Gasteiger partial charge >= 0.3 is 5.97 Å². The minimum atomic E-state index is -0.392. The standard InChI is InChI=1S/C17H19ClN2O2/c18-14-8-6-7-13(11-14)16-15(17(21)22-19-16)12-20-9-4-2-1-3-5-10-20/h6-8,11-12H,1-5,9-10H2. The Kier molecular flexibility index (Phi) is 4.78. The molecule has 0 unspecified atom stereocenters. The smallest absolute Gasteiger partial charge is 0.369 e. The second-order valence-corrected chi connectivity index (χ2v) is 6.11. The van der Waals surface area contributed by atoms with Crippen LogP contribution in [0.3, 0.4) is 0 Å². The van der Waals surface area contributed by atoms with Crippen LogP contribution in [0.2, 0.25) is 5.02 Å². The van der Waals surface area contributed by atoms with Crippen LogP contribution < -0.4 is 0 Å². The summed E-state index contributed by atoms with van der Waals surface area (Å²) in [5, 5.41) is 4.55. The van der Waals surface area contributed by atoms with E-state index >= 15 is 0 Å². The van der Waals surface area contributed by atoms with Gasteiger partial charge in [-0.1, -0.05) is 48.2 Å². The molecular formula is C17H19ClN2O2. The van der Waals surface area contributed by atoms with E-state index in [-0.39, 0.29) is 0 Å². The molecule has 1 aromatic rings. The number of halogens is 1. The van der Waals surface area contributed by atoms with Crippen molar-refractivity contribution in [2.24, 2.45) is 5.16 Å². The van der Waals surface area contributed by atoms with Gasteiger partial charge in [-0.15, -0.1) is 0 Å². The molecule has 1 aromatic carbocycles. The highest BCUT2D eigenvalue weighted by Crippen LogP contribution is 2.22. The number of carbonyl (C=O) groups excluding carboxylic acids is 1. The summed E-state index contributed by atoms with van der Waals surface area (Å²) in [4.78, 5) is 19.1. The van der Waals surface area contributed by atoms with Gasteiger partial charge in [0.2, 0.25) is 0 Å². The van der Waals surface area contributed by atoms with Gasteiger partial charge < -0.3 is 9.74 Å². The molecule has 0 aromatic heterocycles. The fourth-order valence-corrected chi connectivity index (χ4v) is 3.01. The predicted octanol–water partition coefficient (Wildman–Crippen LogP) is 3.75. The molecule has 2 aliphatic rings. The highest BCUT2D eigenvalue weighted by Gasteiger charge is 2.27. The van der Waals surface area contributed by atoms with E-state index in [9.17, 15) is 4.79 Å². The van der Waals surface area contributed by atoms with E-state index in [0.717, 1.165) is 31.5 Å². The van der Waals surface area contributed by atoms with Crippen LogP contribution >= 0.6 is 11.6 Å². The lowest BCUT2D eigenvalue weighted by Crippen LogP contribution is -2.24. The molecule has 4 nitrogen and oxygen atoms in total. The zero-order valence-corrected chi connectivity index (χ0v) is 13.2. The first-order valence-corrected chi connectivity index (χ1v) is 8.13. The summed E-state index contributed by atoms with van der Waals surface area (Å²) < 4.78 is 0. The summed E-state index contributed by atoms with van der Waals surface area (Å²) >= 11 is 6.03. The molecule has 2 heterocycles. The van der Waals surface area contributed by atoms with Crippen LogP contribution in [-0.2, 0) is 9.63 Å². The number of hydrogen-bond donors (Lipinski definition) is 0. The van der Waals surface area contributed by atoms with Gasteiger partial charge in [0.05, 0.1) is 0 Å². The number of carbonyl (C=O) groups is 1. The summed E-state index contributed by atoms with van der Waals surface area (Å²) in [7, 11) is 0. The molecule has 0 radical (unpaired) electrons. The molecule has 1 fully saturated rings. The fourth-order valence-electron chi connectivity index (χ4n) is 2.82. The maximum atomic E-state index is 12.0. The van der Waals surface area contributed by atoms with E-state index in [1.54, 1.807) is 12.1 Å². The minimum absolute atomic E-state index is 0.392. The largest absolute Gasteiger partial charge is 0.377 e. The minimum Gasteiger partial charge on any atom is -0.377 e. The van der Waals surface area contributed by atoms with Crippen molar-refractivity contribution >= 4 is 23.3 Å². The van der Waals surface area contributed by atoms with Crippen molar-refractivity contribution in [3.05, 3.63) is 46.6 Å². The van der Waals surface area contributed by atoms with Gasteiger partial charge in [-0.2, -0.15) is 0 Å². The van der Waals surface area contributed by atoms with E-state index in [4.69, 9.17) is 16.4 Å². The van der Waals surface area contributed by atoms with E-state index in [1.807, 2.05) is 18.3 Å². The lowest BCUT2D eigenvalue weighted by molar-refractivity contribution is -0.136. The topological polar surface area (TPSA) is 41.9 Å². The molecule has 5 heteroatoms. The van der Waals surface area contributed by atoms with Crippen molar-refractivity contribution in [3.8, 4) is 0 Å². The van der Waals surface area contributed by atoms with Gasteiger partial charge in [0.15, 0.2) is 0 Å². The lowest BCUT2D eigenvalue weighted by atomic mass is 10.0. The Morgan fingerprint density at radius 3 is 2.59 bits per heavy atom. The van der Waals surface area contributed by atoms with Gasteiger partial charge in [-0.25, -0.2) is 4.79 Å². The van der Waals surface area contributed by atoms with Gasteiger partial charge in [-0.05, 0) is 25.0 Å². The monoisotopic (exact) mass is 318 g/mol. The first-order valence-electron chi connectivity index (χ1n) is 7.75. The predicted molar refractivity (Wildman–Crippen MR) is 86.8 cm³/mol. The second-order valence-electron chi connectivity index (χ2n) is 5.68. The van der Waals surface area contributed by atoms with Crippen molar-refractivity contribution in [2.45, 2.75) is 32.1 Å². The van der Waals surface area contributed by atoms with Gasteiger partial charge in [-0.3, -0.25) is 0 Å². The molecule has 0 bridgehead atoms. The Morgan fingerprint density at radius 1 is 1.14 bits per heavy atom. The highest BCUT2D eigenvalue weighted by atomic mass is 35.5. The van der Waals surface area contributed by atoms with Gasteiger partial charge in [0.25, 0.3) is 0 Å². The molecule has 3 rings (SSSR count). The number of nitrogens with zero attached hydrogens (tertiary/aromatic N) is 2. The van der Waals surface area contributed by atoms with E-state index in [0.29, 0.717) is 16.3 Å². The Morgan fingerprint density at radius 2 is 1.86 bits per heavy atom. The number of hydrogen-bond acceptors (Lipinski definition) is 4. The molecule has 0 N–H and O–H groups in total. The molecule has 2 aliphatic heterocycles. The van der Waals surface area contributed by atoms with Crippen molar-refractivity contribution in [1.29, 1.82) is 0 Å². The number of likely N-dealkylation sites (tertiary alicyclic amines) is 1. The van der Waals surface area contributed by atoms with Crippen molar-refractivity contribution < 1.29 is 9.63 Å². The molecule has 1 saturated heterocycles. The van der Waals surface area contributed by atoms with Crippen molar-refractivity contribution in [2.75, 3.05) is 13.1 Å². The fraction of sp³-hybridized carbons (Fsp3) is 0.412. The van der Waals surface area contributed by atoms with Crippen LogP contribution in [0.15, 0.2) is 41.2 Å².